The molecule has 0 unspecified atom stereocenters. The fraction of sp³-hybridized carbons (Fsp3) is 0.632. The summed E-state index contributed by atoms with van der Waals surface area (Å²) in [4.78, 5) is 6.65. The molecular formula is C19H32IN5O2S. The lowest BCUT2D eigenvalue weighted by atomic mass is 10.1. The van der Waals surface area contributed by atoms with Gasteiger partial charge in [0.05, 0.1) is 11.4 Å². The van der Waals surface area contributed by atoms with E-state index < -0.39 is 10.0 Å². The lowest BCUT2D eigenvalue weighted by Gasteiger charge is -2.26. The van der Waals surface area contributed by atoms with Gasteiger partial charge in [0.25, 0.3) is 0 Å². The molecule has 2 aliphatic heterocycles. The maximum Gasteiger partial charge on any atom is 0.236 e. The van der Waals surface area contributed by atoms with Gasteiger partial charge in [0.2, 0.25) is 10.0 Å². The maximum absolute atomic E-state index is 12.7. The Morgan fingerprint density at radius 3 is 2.54 bits per heavy atom. The number of likely N-dealkylation sites (tertiary alicyclic amines) is 1. The summed E-state index contributed by atoms with van der Waals surface area (Å²) < 4.78 is 26.9. The first-order chi connectivity index (χ1) is 13.1. The van der Waals surface area contributed by atoms with Crippen LogP contribution >= 0.6 is 24.0 Å². The lowest BCUT2D eigenvalue weighted by Crippen LogP contribution is -2.44. The Hall–Kier alpha value is -1.07. The fourth-order valence-electron chi connectivity index (χ4n) is 3.74. The van der Waals surface area contributed by atoms with Crippen molar-refractivity contribution in [2.24, 2.45) is 4.99 Å². The van der Waals surface area contributed by atoms with Crippen molar-refractivity contribution in [2.75, 3.05) is 56.4 Å². The molecule has 2 N–H and O–H groups in total. The lowest BCUT2D eigenvalue weighted by molar-refractivity contribution is 0.232. The standard InChI is InChI=1S/C19H31N5O2S.HI/c1-20-19(21-10-15-23-12-5-2-6-13-23)22-11-16-27(25,26)24-14-9-17-7-3-4-8-18(17)24;/h3-4,7-8H,2,5-6,9-16H2,1H3,(H2,20,21,22);1H. The Bertz CT molecular complexity index is 750. The van der Waals surface area contributed by atoms with Crippen LogP contribution < -0.4 is 14.9 Å². The van der Waals surface area contributed by atoms with E-state index in [1.807, 2.05) is 24.3 Å². The fourth-order valence-corrected chi connectivity index (χ4v) is 5.17. The van der Waals surface area contributed by atoms with Crippen molar-refractivity contribution in [1.29, 1.82) is 0 Å². The average molecular weight is 521 g/mol. The number of guanidine groups is 1. The van der Waals surface area contributed by atoms with E-state index >= 15 is 0 Å². The van der Waals surface area contributed by atoms with Crippen molar-refractivity contribution >= 4 is 45.6 Å². The number of rotatable bonds is 7. The van der Waals surface area contributed by atoms with Gasteiger partial charge in [-0.15, -0.1) is 24.0 Å². The minimum atomic E-state index is -3.34. The highest BCUT2D eigenvalue weighted by Crippen LogP contribution is 2.29. The normalized spacial score (nSPS) is 17.8. The van der Waals surface area contributed by atoms with Crippen LogP contribution in [-0.2, 0) is 16.4 Å². The van der Waals surface area contributed by atoms with Crippen molar-refractivity contribution in [3.05, 3.63) is 29.8 Å². The molecule has 7 nitrogen and oxygen atoms in total. The third-order valence-corrected chi connectivity index (χ3v) is 7.00. The highest BCUT2D eigenvalue weighted by atomic mass is 127. The number of fused-ring (bicyclic) bond motifs is 1. The van der Waals surface area contributed by atoms with Crippen LogP contribution in [0.5, 0.6) is 0 Å². The van der Waals surface area contributed by atoms with E-state index in [9.17, 15) is 8.42 Å². The minimum absolute atomic E-state index is 0. The van der Waals surface area contributed by atoms with Gasteiger partial charge in [-0.3, -0.25) is 9.30 Å². The van der Waals surface area contributed by atoms with Gasteiger partial charge in [0, 0.05) is 33.2 Å². The van der Waals surface area contributed by atoms with Crippen LogP contribution in [0.2, 0.25) is 0 Å². The molecule has 2 aliphatic rings. The largest absolute Gasteiger partial charge is 0.355 e. The quantitative estimate of drug-likeness (QED) is 0.324. The third kappa shape index (κ3) is 6.21. The second-order valence-electron chi connectivity index (χ2n) is 7.09. The number of benzene rings is 1. The van der Waals surface area contributed by atoms with Crippen molar-refractivity contribution in [2.45, 2.75) is 25.7 Å². The van der Waals surface area contributed by atoms with Crippen LogP contribution in [0.1, 0.15) is 24.8 Å². The summed E-state index contributed by atoms with van der Waals surface area (Å²) in [6, 6.07) is 7.72. The molecule has 28 heavy (non-hydrogen) atoms. The second kappa shape index (κ2) is 11.2. The summed E-state index contributed by atoms with van der Waals surface area (Å²) in [7, 11) is -1.63. The number of piperidine rings is 1. The summed E-state index contributed by atoms with van der Waals surface area (Å²) in [5.74, 6) is 0.706. The number of hydrogen-bond donors (Lipinski definition) is 2. The van der Waals surface area contributed by atoms with Crippen LogP contribution in [0.4, 0.5) is 5.69 Å². The van der Waals surface area contributed by atoms with Crippen LogP contribution in [0.3, 0.4) is 0 Å². The van der Waals surface area contributed by atoms with Gasteiger partial charge in [-0.1, -0.05) is 24.6 Å². The topological polar surface area (TPSA) is 77.0 Å². The van der Waals surface area contributed by atoms with E-state index in [1.165, 1.54) is 36.7 Å². The Kier molecular flexibility index (Phi) is 9.29. The van der Waals surface area contributed by atoms with Gasteiger partial charge >= 0.3 is 0 Å². The number of nitrogens with one attached hydrogen (secondary N) is 2. The van der Waals surface area contributed by atoms with Crippen molar-refractivity contribution in [3.8, 4) is 0 Å². The van der Waals surface area contributed by atoms with Crippen LogP contribution in [0, 0.1) is 0 Å². The number of sulfonamides is 1. The van der Waals surface area contributed by atoms with Gasteiger partial charge in [-0.2, -0.15) is 0 Å². The van der Waals surface area contributed by atoms with Gasteiger partial charge < -0.3 is 15.5 Å². The first-order valence-corrected chi connectivity index (χ1v) is 11.5. The maximum atomic E-state index is 12.7. The highest BCUT2D eigenvalue weighted by Gasteiger charge is 2.28. The third-order valence-electron chi connectivity index (χ3n) is 5.23. The van der Waals surface area contributed by atoms with Gasteiger partial charge in [-0.05, 0) is 44.0 Å². The number of nitrogens with zero attached hydrogens (tertiary/aromatic N) is 3. The molecule has 3 rings (SSSR count). The molecular weight excluding hydrogens is 489 g/mol. The van der Waals surface area contributed by atoms with Crippen molar-refractivity contribution in [1.82, 2.24) is 15.5 Å². The number of aliphatic imine (C=N–C) groups is 1. The zero-order valence-corrected chi connectivity index (χ0v) is 19.7. The Morgan fingerprint density at radius 2 is 1.79 bits per heavy atom. The molecule has 1 aromatic carbocycles. The van der Waals surface area contributed by atoms with Crippen molar-refractivity contribution in [3.63, 3.8) is 0 Å². The summed E-state index contributed by atoms with van der Waals surface area (Å²) >= 11 is 0. The first-order valence-electron chi connectivity index (χ1n) is 9.85. The van der Waals surface area contributed by atoms with Crippen LogP contribution in [-0.4, -0.2) is 71.3 Å². The van der Waals surface area contributed by atoms with Gasteiger partial charge in [-0.25, -0.2) is 8.42 Å². The van der Waals surface area contributed by atoms with E-state index in [-0.39, 0.29) is 29.7 Å². The molecule has 0 spiro atoms. The summed E-state index contributed by atoms with van der Waals surface area (Å²) in [5.41, 5.74) is 1.92. The molecule has 0 aliphatic carbocycles. The van der Waals surface area contributed by atoms with E-state index in [1.54, 1.807) is 7.05 Å². The predicted octanol–water partition coefficient (Wildman–Crippen LogP) is 1.65. The number of anilines is 1. The van der Waals surface area contributed by atoms with Crippen molar-refractivity contribution < 1.29 is 8.42 Å². The van der Waals surface area contributed by atoms with Crippen LogP contribution in [0.15, 0.2) is 29.3 Å². The number of para-hydroxylation sites is 1. The molecule has 2 heterocycles. The molecule has 0 bridgehead atoms. The Balaban J connectivity index is 0.00000280. The molecule has 0 aromatic heterocycles. The molecule has 0 atom stereocenters. The molecule has 0 amide bonds. The zero-order valence-electron chi connectivity index (χ0n) is 16.6. The first kappa shape index (κ1) is 23.2. The molecule has 0 radical (unpaired) electrons. The van der Waals surface area contributed by atoms with Gasteiger partial charge in [0.15, 0.2) is 5.96 Å². The Labute approximate surface area is 186 Å². The highest BCUT2D eigenvalue weighted by molar-refractivity contribution is 14.0. The van der Waals surface area contributed by atoms with E-state index in [4.69, 9.17) is 0 Å². The molecule has 158 valence electrons. The number of halogens is 1. The van der Waals surface area contributed by atoms with E-state index in [2.05, 4.69) is 20.5 Å². The molecule has 1 fully saturated rings. The van der Waals surface area contributed by atoms with E-state index in [0.717, 1.165) is 30.8 Å². The molecule has 1 saturated heterocycles. The zero-order chi connectivity index (χ0) is 19.1. The summed E-state index contributed by atoms with van der Waals surface area (Å²) in [6.07, 6.45) is 4.68. The monoisotopic (exact) mass is 521 g/mol. The molecule has 9 heteroatoms. The summed E-state index contributed by atoms with van der Waals surface area (Å²) in [5, 5.41) is 6.40. The van der Waals surface area contributed by atoms with E-state index in [0.29, 0.717) is 19.0 Å². The van der Waals surface area contributed by atoms with Gasteiger partial charge in [0.1, 0.15) is 0 Å². The number of hydrogen-bond acceptors (Lipinski definition) is 4. The predicted molar refractivity (Wildman–Crippen MR) is 126 cm³/mol. The van der Waals surface area contributed by atoms with Crippen LogP contribution in [0.25, 0.3) is 0 Å². The Morgan fingerprint density at radius 1 is 1.07 bits per heavy atom. The minimum Gasteiger partial charge on any atom is -0.355 e. The SMILES string of the molecule is CN=C(NCCN1CCCCC1)NCCS(=O)(=O)N1CCc2ccccc21.I. The average Bonchev–Trinajstić information content (AvgIpc) is 3.12. The molecule has 0 saturated carbocycles. The smallest absolute Gasteiger partial charge is 0.236 e. The summed E-state index contributed by atoms with van der Waals surface area (Å²) in [6.45, 7) is 5.01. The molecule has 1 aromatic rings. The second-order valence-corrected chi connectivity index (χ2v) is 9.11.